The second-order valence-corrected chi connectivity index (χ2v) is 7.80. The monoisotopic (exact) mass is 326 g/mol. The average molecular weight is 326 g/mol. The Hall–Kier alpha value is -2.01. The van der Waals surface area contributed by atoms with Gasteiger partial charge in [0.25, 0.3) is 0 Å². The predicted octanol–water partition coefficient (Wildman–Crippen LogP) is 3.55. The summed E-state index contributed by atoms with van der Waals surface area (Å²) in [5.41, 5.74) is 2.62. The van der Waals surface area contributed by atoms with Gasteiger partial charge in [-0.3, -0.25) is 4.98 Å². The van der Waals surface area contributed by atoms with Crippen LogP contribution in [0.4, 0.5) is 5.82 Å². The molecule has 0 amide bonds. The maximum absolute atomic E-state index is 6.20. The maximum Gasteiger partial charge on any atom is 0.163 e. The van der Waals surface area contributed by atoms with E-state index < -0.39 is 0 Å². The highest BCUT2D eigenvalue weighted by molar-refractivity contribution is 5.59. The number of rotatable bonds is 2. The number of morpholine rings is 1. The van der Waals surface area contributed by atoms with Gasteiger partial charge in [0.2, 0.25) is 0 Å². The predicted molar refractivity (Wildman–Crippen MR) is 96.2 cm³/mol. The molecule has 0 saturated carbocycles. The number of nitrogens with zero attached hydrogens (tertiary/aromatic N) is 4. The minimum atomic E-state index is -0.221. The van der Waals surface area contributed by atoms with Gasteiger partial charge in [0.05, 0.1) is 11.2 Å². The highest BCUT2D eigenvalue weighted by Crippen LogP contribution is 2.33. The molecular weight excluding hydrogens is 300 g/mol. The Morgan fingerprint density at radius 3 is 2.29 bits per heavy atom. The summed E-state index contributed by atoms with van der Waals surface area (Å²) in [4.78, 5) is 16.1. The summed E-state index contributed by atoms with van der Waals surface area (Å²) in [6.45, 7) is 14.3. The zero-order chi connectivity index (χ0) is 17.5. The molecule has 1 aliphatic rings. The summed E-state index contributed by atoms with van der Waals surface area (Å²) >= 11 is 0. The molecule has 0 atom stereocenters. The molecule has 0 aliphatic carbocycles. The van der Waals surface area contributed by atoms with Crippen molar-refractivity contribution in [2.45, 2.75) is 52.7 Å². The largest absolute Gasteiger partial charge is 0.366 e. The minimum absolute atomic E-state index is 0.221. The number of hydrogen-bond donors (Lipinski definition) is 0. The summed E-state index contributed by atoms with van der Waals surface area (Å²) in [5.74, 6) is 1.72. The Morgan fingerprint density at radius 2 is 1.71 bits per heavy atom. The molecule has 0 spiro atoms. The number of anilines is 1. The van der Waals surface area contributed by atoms with Crippen LogP contribution in [0.25, 0.3) is 11.4 Å². The standard InChI is InChI=1S/C19H26N4O/c1-13-14(2)21-16(15-8-7-9-20-10-15)22-17(13)23-11-18(3,4)24-19(5,6)12-23/h7-10H,11-12H2,1-6H3. The van der Waals surface area contributed by atoms with Gasteiger partial charge in [0.1, 0.15) is 5.82 Å². The molecule has 5 heteroatoms. The molecule has 3 rings (SSSR count). The van der Waals surface area contributed by atoms with Crippen LogP contribution in [0.2, 0.25) is 0 Å². The van der Waals surface area contributed by atoms with E-state index in [1.54, 1.807) is 12.4 Å². The summed E-state index contributed by atoms with van der Waals surface area (Å²) in [7, 11) is 0. The van der Waals surface area contributed by atoms with Crippen LogP contribution in [0, 0.1) is 13.8 Å². The van der Waals surface area contributed by atoms with Crippen LogP contribution < -0.4 is 4.90 Å². The molecule has 3 heterocycles. The molecule has 2 aromatic heterocycles. The zero-order valence-corrected chi connectivity index (χ0v) is 15.4. The zero-order valence-electron chi connectivity index (χ0n) is 15.4. The first-order chi connectivity index (χ1) is 11.2. The molecule has 1 fully saturated rings. The number of aromatic nitrogens is 3. The molecular formula is C19H26N4O. The van der Waals surface area contributed by atoms with Gasteiger partial charge >= 0.3 is 0 Å². The van der Waals surface area contributed by atoms with Gasteiger partial charge in [0.15, 0.2) is 5.82 Å². The molecule has 128 valence electrons. The van der Waals surface area contributed by atoms with Crippen molar-refractivity contribution in [2.24, 2.45) is 0 Å². The van der Waals surface area contributed by atoms with Crippen molar-refractivity contribution in [3.8, 4) is 11.4 Å². The smallest absolute Gasteiger partial charge is 0.163 e. The second kappa shape index (κ2) is 5.81. The van der Waals surface area contributed by atoms with E-state index >= 15 is 0 Å². The lowest BCUT2D eigenvalue weighted by molar-refractivity contribution is -0.133. The van der Waals surface area contributed by atoms with Crippen molar-refractivity contribution >= 4 is 5.82 Å². The van der Waals surface area contributed by atoms with Gasteiger partial charge in [-0.15, -0.1) is 0 Å². The first kappa shape index (κ1) is 16.8. The van der Waals surface area contributed by atoms with Crippen molar-refractivity contribution in [1.82, 2.24) is 15.0 Å². The molecule has 0 aromatic carbocycles. The number of aryl methyl sites for hydroxylation is 1. The van der Waals surface area contributed by atoms with Gasteiger partial charge in [-0.05, 0) is 53.7 Å². The Labute approximate surface area is 144 Å². The first-order valence-corrected chi connectivity index (χ1v) is 8.38. The fourth-order valence-corrected chi connectivity index (χ4v) is 3.48. The van der Waals surface area contributed by atoms with Crippen LogP contribution >= 0.6 is 0 Å². The highest BCUT2D eigenvalue weighted by atomic mass is 16.5. The van der Waals surface area contributed by atoms with Crippen LogP contribution in [0.1, 0.15) is 39.0 Å². The number of pyridine rings is 1. The van der Waals surface area contributed by atoms with Gasteiger partial charge in [0, 0.05) is 42.3 Å². The van der Waals surface area contributed by atoms with E-state index in [1.165, 1.54) is 0 Å². The third-order valence-corrected chi connectivity index (χ3v) is 4.28. The number of hydrogen-bond acceptors (Lipinski definition) is 5. The van der Waals surface area contributed by atoms with Crippen molar-refractivity contribution in [3.05, 3.63) is 35.8 Å². The third kappa shape index (κ3) is 3.41. The van der Waals surface area contributed by atoms with Crippen molar-refractivity contribution in [1.29, 1.82) is 0 Å². The van der Waals surface area contributed by atoms with Crippen molar-refractivity contribution < 1.29 is 4.74 Å². The summed E-state index contributed by atoms with van der Waals surface area (Å²) in [6, 6.07) is 3.91. The highest BCUT2D eigenvalue weighted by Gasteiger charge is 2.39. The average Bonchev–Trinajstić information content (AvgIpc) is 2.47. The minimum Gasteiger partial charge on any atom is -0.366 e. The SMILES string of the molecule is Cc1nc(-c2cccnc2)nc(N2CC(C)(C)OC(C)(C)C2)c1C. The summed E-state index contributed by atoms with van der Waals surface area (Å²) < 4.78 is 6.20. The Balaban J connectivity index is 2.06. The molecule has 0 bridgehead atoms. The van der Waals surface area contributed by atoms with E-state index in [-0.39, 0.29) is 11.2 Å². The topological polar surface area (TPSA) is 51.1 Å². The van der Waals surface area contributed by atoms with Gasteiger partial charge < -0.3 is 9.64 Å². The van der Waals surface area contributed by atoms with Gasteiger partial charge in [-0.2, -0.15) is 0 Å². The fraction of sp³-hybridized carbons (Fsp3) is 0.526. The Morgan fingerprint density at radius 1 is 1.04 bits per heavy atom. The molecule has 1 aliphatic heterocycles. The van der Waals surface area contributed by atoms with E-state index in [2.05, 4.69) is 49.5 Å². The van der Waals surface area contributed by atoms with E-state index in [4.69, 9.17) is 9.72 Å². The lowest BCUT2D eigenvalue weighted by Crippen LogP contribution is -2.57. The molecule has 0 N–H and O–H groups in total. The fourth-order valence-electron chi connectivity index (χ4n) is 3.48. The van der Waals surface area contributed by atoms with Crippen molar-refractivity contribution in [2.75, 3.05) is 18.0 Å². The van der Waals surface area contributed by atoms with E-state index in [0.29, 0.717) is 0 Å². The van der Waals surface area contributed by atoms with Crippen molar-refractivity contribution in [3.63, 3.8) is 0 Å². The van der Waals surface area contributed by atoms with Crippen LogP contribution in [0.15, 0.2) is 24.5 Å². The Kier molecular flexibility index (Phi) is 4.08. The summed E-state index contributed by atoms with van der Waals surface area (Å²) in [6.07, 6.45) is 3.57. The maximum atomic E-state index is 6.20. The molecule has 5 nitrogen and oxygen atoms in total. The molecule has 0 unspecified atom stereocenters. The third-order valence-electron chi connectivity index (χ3n) is 4.28. The lowest BCUT2D eigenvalue weighted by atomic mass is 9.98. The van der Waals surface area contributed by atoms with Crippen LogP contribution in [-0.4, -0.2) is 39.2 Å². The molecule has 0 radical (unpaired) electrons. The van der Waals surface area contributed by atoms with Crippen LogP contribution in [0.5, 0.6) is 0 Å². The van der Waals surface area contributed by atoms with Gasteiger partial charge in [-0.1, -0.05) is 0 Å². The Bertz CT molecular complexity index is 725. The normalized spacial score (nSPS) is 19.3. The molecule has 1 saturated heterocycles. The van der Waals surface area contributed by atoms with E-state index in [1.807, 2.05) is 19.1 Å². The quantitative estimate of drug-likeness (QED) is 0.845. The lowest BCUT2D eigenvalue weighted by Gasteiger charge is -2.48. The number of ether oxygens (including phenoxy) is 1. The van der Waals surface area contributed by atoms with E-state index in [9.17, 15) is 0 Å². The summed E-state index contributed by atoms with van der Waals surface area (Å²) in [5, 5.41) is 0. The van der Waals surface area contributed by atoms with Crippen LogP contribution in [0.3, 0.4) is 0 Å². The molecule has 2 aromatic rings. The van der Waals surface area contributed by atoms with E-state index in [0.717, 1.165) is 41.6 Å². The molecule has 24 heavy (non-hydrogen) atoms. The van der Waals surface area contributed by atoms with Gasteiger partial charge in [-0.25, -0.2) is 9.97 Å². The second-order valence-electron chi connectivity index (χ2n) is 7.80. The first-order valence-electron chi connectivity index (χ1n) is 8.38. The van der Waals surface area contributed by atoms with Crippen LogP contribution in [-0.2, 0) is 4.74 Å².